The molecule has 1 amide bonds. The van der Waals surface area contributed by atoms with Crippen LogP contribution < -0.4 is 10.6 Å². The van der Waals surface area contributed by atoms with Gasteiger partial charge in [0.05, 0.1) is 13.1 Å². The first-order valence-corrected chi connectivity index (χ1v) is 6.53. The molecular formula is C11H18N2OS. The molecule has 0 spiro atoms. The molecule has 0 saturated heterocycles. The Bertz CT molecular complexity index is 249. The van der Waals surface area contributed by atoms with Crippen molar-refractivity contribution in [2.45, 2.75) is 30.6 Å². The Morgan fingerprint density at radius 3 is 3.07 bits per heavy atom. The average molecular weight is 226 g/mol. The quantitative estimate of drug-likeness (QED) is 0.533. The number of rotatable bonds is 5. The molecule has 0 radical (unpaired) electrons. The lowest BCUT2D eigenvalue weighted by Gasteiger charge is -2.19. The van der Waals surface area contributed by atoms with Crippen LogP contribution in [0, 0.1) is 12.3 Å². The summed E-state index contributed by atoms with van der Waals surface area (Å²) in [4.78, 5) is 11.5. The van der Waals surface area contributed by atoms with E-state index in [1.165, 1.54) is 12.8 Å². The van der Waals surface area contributed by atoms with Crippen molar-refractivity contribution in [2.75, 3.05) is 19.3 Å². The first-order valence-electron chi connectivity index (χ1n) is 5.24. The van der Waals surface area contributed by atoms with E-state index in [0.717, 1.165) is 6.42 Å². The number of hydrogen-bond donors (Lipinski definition) is 2. The summed E-state index contributed by atoms with van der Waals surface area (Å²) in [6.07, 6.45) is 10.7. The molecule has 0 heterocycles. The zero-order chi connectivity index (χ0) is 11.1. The van der Waals surface area contributed by atoms with E-state index in [0.29, 0.717) is 24.4 Å². The van der Waals surface area contributed by atoms with Gasteiger partial charge in [0.25, 0.3) is 0 Å². The van der Waals surface area contributed by atoms with Gasteiger partial charge in [-0.15, -0.1) is 6.42 Å². The zero-order valence-corrected chi connectivity index (χ0v) is 9.90. The van der Waals surface area contributed by atoms with Crippen LogP contribution in [0.5, 0.6) is 0 Å². The van der Waals surface area contributed by atoms with Gasteiger partial charge in [-0.1, -0.05) is 12.3 Å². The Morgan fingerprint density at radius 1 is 1.60 bits per heavy atom. The van der Waals surface area contributed by atoms with E-state index in [2.05, 4.69) is 22.8 Å². The average Bonchev–Trinajstić information content (AvgIpc) is 2.65. The number of nitrogens with one attached hydrogen (secondary N) is 2. The molecule has 0 aromatic rings. The van der Waals surface area contributed by atoms with Crippen LogP contribution in [-0.4, -0.2) is 36.5 Å². The van der Waals surface area contributed by atoms with Crippen LogP contribution in [0.1, 0.15) is 19.3 Å². The summed E-state index contributed by atoms with van der Waals surface area (Å²) < 4.78 is 0. The Kier molecular flexibility index (Phi) is 5.59. The van der Waals surface area contributed by atoms with E-state index >= 15 is 0 Å². The van der Waals surface area contributed by atoms with Gasteiger partial charge in [-0.2, -0.15) is 11.8 Å². The monoisotopic (exact) mass is 226 g/mol. The fourth-order valence-corrected chi connectivity index (χ4v) is 2.81. The maximum absolute atomic E-state index is 11.5. The molecule has 2 N–H and O–H groups in total. The van der Waals surface area contributed by atoms with Crippen molar-refractivity contribution in [2.24, 2.45) is 0 Å². The number of terminal acetylenes is 1. The highest BCUT2D eigenvalue weighted by Gasteiger charge is 2.27. The Hall–Kier alpha value is -0.660. The summed E-state index contributed by atoms with van der Waals surface area (Å²) in [5.41, 5.74) is 0. The van der Waals surface area contributed by atoms with E-state index in [-0.39, 0.29) is 5.91 Å². The van der Waals surface area contributed by atoms with Crippen LogP contribution in [0.3, 0.4) is 0 Å². The molecule has 84 valence electrons. The van der Waals surface area contributed by atoms with Gasteiger partial charge in [-0.3, -0.25) is 10.1 Å². The van der Waals surface area contributed by atoms with Crippen LogP contribution in [0.4, 0.5) is 0 Å². The first kappa shape index (κ1) is 12.4. The topological polar surface area (TPSA) is 41.1 Å². The number of carbonyl (C=O) groups is 1. The Labute approximate surface area is 95.8 Å². The summed E-state index contributed by atoms with van der Waals surface area (Å²) in [7, 11) is 0. The molecule has 0 aliphatic heterocycles. The second-order valence-electron chi connectivity index (χ2n) is 3.69. The third-order valence-electron chi connectivity index (χ3n) is 2.61. The fourth-order valence-electron chi connectivity index (χ4n) is 1.88. The molecule has 1 aliphatic carbocycles. The third-order valence-corrected chi connectivity index (χ3v) is 3.78. The van der Waals surface area contributed by atoms with E-state index in [9.17, 15) is 4.79 Å². The van der Waals surface area contributed by atoms with Gasteiger partial charge in [0, 0.05) is 11.3 Å². The maximum atomic E-state index is 11.5. The SMILES string of the molecule is C#CCNCC(=O)NC1CCCC1SC. The molecule has 0 aromatic carbocycles. The van der Waals surface area contributed by atoms with Crippen molar-refractivity contribution >= 4 is 17.7 Å². The molecule has 1 saturated carbocycles. The third kappa shape index (κ3) is 4.15. The molecule has 4 heteroatoms. The predicted octanol–water partition coefficient (Wildman–Crippen LogP) is 0.609. The minimum absolute atomic E-state index is 0.0520. The number of thioether (sulfide) groups is 1. The van der Waals surface area contributed by atoms with E-state index in [1.807, 2.05) is 11.8 Å². The van der Waals surface area contributed by atoms with Crippen LogP contribution in [0.2, 0.25) is 0 Å². The number of carbonyl (C=O) groups excluding carboxylic acids is 1. The Balaban J connectivity index is 2.22. The minimum atomic E-state index is 0.0520. The van der Waals surface area contributed by atoms with Gasteiger partial charge >= 0.3 is 0 Å². The lowest BCUT2D eigenvalue weighted by atomic mass is 10.2. The lowest BCUT2D eigenvalue weighted by molar-refractivity contribution is -0.120. The largest absolute Gasteiger partial charge is 0.351 e. The van der Waals surface area contributed by atoms with Gasteiger partial charge in [0.1, 0.15) is 0 Å². The van der Waals surface area contributed by atoms with Gasteiger partial charge in [-0.25, -0.2) is 0 Å². The molecule has 0 bridgehead atoms. The van der Waals surface area contributed by atoms with Gasteiger partial charge in [-0.05, 0) is 19.1 Å². The normalized spacial score (nSPS) is 24.8. The standard InChI is InChI=1S/C11H18N2OS/c1-3-7-12-8-11(14)13-9-5-4-6-10(9)15-2/h1,9-10,12H,4-8H2,2H3,(H,13,14). The number of amides is 1. The molecule has 2 atom stereocenters. The van der Waals surface area contributed by atoms with Crippen LogP contribution in [0.15, 0.2) is 0 Å². The summed E-state index contributed by atoms with van der Waals surface area (Å²) in [5, 5.41) is 6.52. The molecule has 2 unspecified atom stereocenters. The maximum Gasteiger partial charge on any atom is 0.234 e. The summed E-state index contributed by atoms with van der Waals surface area (Å²) >= 11 is 1.84. The van der Waals surface area contributed by atoms with Crippen molar-refractivity contribution in [3.63, 3.8) is 0 Å². The molecule has 1 rings (SSSR count). The highest BCUT2D eigenvalue weighted by Crippen LogP contribution is 2.28. The van der Waals surface area contributed by atoms with Crippen LogP contribution >= 0.6 is 11.8 Å². The molecule has 1 fully saturated rings. The Morgan fingerprint density at radius 2 is 2.40 bits per heavy atom. The van der Waals surface area contributed by atoms with Crippen molar-refractivity contribution in [1.82, 2.24) is 10.6 Å². The highest BCUT2D eigenvalue weighted by atomic mass is 32.2. The molecule has 3 nitrogen and oxygen atoms in total. The van der Waals surface area contributed by atoms with Gasteiger partial charge in [0.2, 0.25) is 5.91 Å². The molecule has 15 heavy (non-hydrogen) atoms. The van der Waals surface area contributed by atoms with Crippen LogP contribution in [0.25, 0.3) is 0 Å². The van der Waals surface area contributed by atoms with E-state index in [1.54, 1.807) is 0 Å². The molecule has 1 aliphatic rings. The van der Waals surface area contributed by atoms with Gasteiger partial charge in [0.15, 0.2) is 0 Å². The van der Waals surface area contributed by atoms with Crippen molar-refractivity contribution in [3.05, 3.63) is 0 Å². The number of hydrogen-bond acceptors (Lipinski definition) is 3. The van der Waals surface area contributed by atoms with Crippen LogP contribution in [-0.2, 0) is 4.79 Å². The van der Waals surface area contributed by atoms with Gasteiger partial charge < -0.3 is 5.32 Å². The van der Waals surface area contributed by atoms with Crippen molar-refractivity contribution in [3.8, 4) is 12.3 Å². The van der Waals surface area contributed by atoms with E-state index < -0.39 is 0 Å². The first-order chi connectivity index (χ1) is 7.27. The smallest absolute Gasteiger partial charge is 0.234 e. The minimum Gasteiger partial charge on any atom is -0.351 e. The zero-order valence-electron chi connectivity index (χ0n) is 9.08. The lowest BCUT2D eigenvalue weighted by Crippen LogP contribution is -2.43. The molecule has 0 aromatic heterocycles. The molecular weight excluding hydrogens is 208 g/mol. The van der Waals surface area contributed by atoms with Crippen molar-refractivity contribution < 1.29 is 4.79 Å². The summed E-state index contributed by atoms with van der Waals surface area (Å²) in [6.45, 7) is 0.770. The highest BCUT2D eigenvalue weighted by molar-refractivity contribution is 7.99. The predicted molar refractivity (Wildman–Crippen MR) is 64.8 cm³/mol. The second kappa shape index (κ2) is 6.76. The second-order valence-corrected chi connectivity index (χ2v) is 4.76. The van der Waals surface area contributed by atoms with Crippen molar-refractivity contribution in [1.29, 1.82) is 0 Å². The summed E-state index contributed by atoms with van der Waals surface area (Å²) in [5.74, 6) is 2.49. The van der Waals surface area contributed by atoms with E-state index in [4.69, 9.17) is 6.42 Å². The fraction of sp³-hybridized carbons (Fsp3) is 0.727. The summed E-state index contributed by atoms with van der Waals surface area (Å²) in [6, 6.07) is 0.347.